The van der Waals surface area contributed by atoms with E-state index in [-0.39, 0.29) is 0 Å². The highest BCUT2D eigenvalue weighted by Crippen LogP contribution is 2.22. The van der Waals surface area contributed by atoms with Crippen LogP contribution in [-0.2, 0) is 13.0 Å². The predicted molar refractivity (Wildman–Crippen MR) is 95.9 cm³/mol. The first kappa shape index (κ1) is 15.8. The highest BCUT2D eigenvalue weighted by molar-refractivity contribution is 7.98. The number of hydrogen-bond acceptors (Lipinski definition) is 3. The highest BCUT2D eigenvalue weighted by atomic mass is 32.2. The summed E-state index contributed by atoms with van der Waals surface area (Å²) in [6, 6.07) is 19.1. The minimum Gasteiger partial charge on any atom is -0.248 e. The van der Waals surface area contributed by atoms with Gasteiger partial charge in [0.25, 0.3) is 0 Å². The van der Waals surface area contributed by atoms with Crippen molar-refractivity contribution in [1.82, 2.24) is 15.0 Å². The molecule has 0 saturated carbocycles. The molecule has 3 aromatic rings. The Hall–Kier alpha value is -2.07. The van der Waals surface area contributed by atoms with E-state index in [1.54, 1.807) is 11.8 Å². The second-order valence-corrected chi connectivity index (χ2v) is 6.65. The summed E-state index contributed by atoms with van der Waals surface area (Å²) in [6.07, 6.45) is 5.07. The summed E-state index contributed by atoms with van der Waals surface area (Å²) in [6.45, 7) is 3.01. The molecule has 3 nitrogen and oxygen atoms in total. The second-order valence-electron chi connectivity index (χ2n) is 5.77. The zero-order chi connectivity index (χ0) is 16.1. The van der Waals surface area contributed by atoms with Gasteiger partial charge in [0.2, 0.25) is 0 Å². The van der Waals surface area contributed by atoms with Crippen LogP contribution >= 0.6 is 11.8 Å². The molecule has 1 heterocycles. The largest absolute Gasteiger partial charge is 0.248 e. The lowest BCUT2D eigenvalue weighted by molar-refractivity contribution is 0.648. The smallest absolute Gasteiger partial charge is 0.0833 e. The first-order valence-electron chi connectivity index (χ1n) is 7.81. The third-order valence-corrected chi connectivity index (χ3v) is 4.72. The topological polar surface area (TPSA) is 30.7 Å². The molecule has 0 saturated heterocycles. The molecule has 0 aliphatic carbocycles. The lowest BCUT2D eigenvalue weighted by Gasteiger charge is -2.10. The molecule has 0 spiro atoms. The van der Waals surface area contributed by atoms with E-state index in [2.05, 4.69) is 66.1 Å². The zero-order valence-electron chi connectivity index (χ0n) is 13.5. The van der Waals surface area contributed by atoms with Gasteiger partial charge in [0, 0.05) is 11.1 Å². The molecule has 1 atom stereocenters. The van der Waals surface area contributed by atoms with Crippen LogP contribution in [0.1, 0.15) is 29.7 Å². The molecule has 3 rings (SSSR count). The predicted octanol–water partition coefficient (Wildman–Crippen LogP) is 4.39. The molecule has 0 amide bonds. The van der Waals surface area contributed by atoms with Crippen LogP contribution in [-0.4, -0.2) is 21.2 Å². The second kappa shape index (κ2) is 7.47. The lowest BCUT2D eigenvalue weighted by atomic mass is 9.97. The third-order valence-electron chi connectivity index (χ3n) is 3.97. The number of aromatic nitrogens is 3. The summed E-state index contributed by atoms with van der Waals surface area (Å²) in [7, 11) is 0. The maximum atomic E-state index is 4.32. The van der Waals surface area contributed by atoms with E-state index < -0.39 is 0 Å². The first-order valence-corrected chi connectivity index (χ1v) is 9.04. The standard InChI is InChI=1S/C19H21N3S/c1-15(17-8-10-19(23-2)11-9-17)12-18-14-22(21-20-18)13-16-6-4-3-5-7-16/h3-11,14-15H,12-13H2,1-2H3. The van der Waals surface area contributed by atoms with Gasteiger partial charge in [-0.05, 0) is 41.9 Å². The highest BCUT2D eigenvalue weighted by Gasteiger charge is 2.10. The van der Waals surface area contributed by atoms with E-state index in [1.807, 2.05) is 22.9 Å². The van der Waals surface area contributed by atoms with Crippen molar-refractivity contribution in [3.05, 3.63) is 77.6 Å². The molecule has 118 valence electrons. The number of thioether (sulfide) groups is 1. The van der Waals surface area contributed by atoms with Gasteiger partial charge in [0.15, 0.2) is 0 Å². The van der Waals surface area contributed by atoms with Crippen LogP contribution in [0.5, 0.6) is 0 Å². The fourth-order valence-electron chi connectivity index (χ4n) is 2.64. The molecular weight excluding hydrogens is 302 g/mol. The van der Waals surface area contributed by atoms with Crippen molar-refractivity contribution in [1.29, 1.82) is 0 Å². The summed E-state index contributed by atoms with van der Waals surface area (Å²) >= 11 is 1.77. The average Bonchev–Trinajstić information content (AvgIpc) is 3.02. The fraction of sp³-hybridized carbons (Fsp3) is 0.263. The lowest BCUT2D eigenvalue weighted by Crippen LogP contribution is -2.00. The Balaban J connectivity index is 1.63. The molecule has 2 aromatic carbocycles. The minimum atomic E-state index is 0.438. The maximum Gasteiger partial charge on any atom is 0.0833 e. The van der Waals surface area contributed by atoms with Crippen molar-refractivity contribution in [2.45, 2.75) is 30.7 Å². The molecule has 0 N–H and O–H groups in total. The molecule has 0 bridgehead atoms. The molecule has 0 radical (unpaired) electrons. The summed E-state index contributed by atoms with van der Waals surface area (Å²) in [5.74, 6) is 0.438. The van der Waals surface area contributed by atoms with Gasteiger partial charge >= 0.3 is 0 Å². The number of nitrogens with zero attached hydrogens (tertiary/aromatic N) is 3. The number of benzene rings is 2. The molecule has 4 heteroatoms. The van der Waals surface area contributed by atoms with E-state index >= 15 is 0 Å². The Bertz CT molecular complexity index is 735. The van der Waals surface area contributed by atoms with Crippen LogP contribution in [0.15, 0.2) is 65.7 Å². The zero-order valence-corrected chi connectivity index (χ0v) is 14.3. The number of hydrogen-bond donors (Lipinski definition) is 0. The molecule has 0 fully saturated rings. The van der Waals surface area contributed by atoms with E-state index in [0.717, 1.165) is 18.7 Å². The van der Waals surface area contributed by atoms with Crippen molar-refractivity contribution in [3.63, 3.8) is 0 Å². The van der Waals surface area contributed by atoms with Gasteiger partial charge in [0.1, 0.15) is 0 Å². The SMILES string of the molecule is CSc1ccc(C(C)Cc2cn(Cc3ccccc3)nn2)cc1. The summed E-state index contributed by atoms with van der Waals surface area (Å²) in [5.41, 5.74) is 3.63. The van der Waals surface area contributed by atoms with Gasteiger partial charge in [-0.1, -0.05) is 54.6 Å². The van der Waals surface area contributed by atoms with Crippen molar-refractivity contribution >= 4 is 11.8 Å². The third kappa shape index (κ3) is 4.23. The van der Waals surface area contributed by atoms with Gasteiger partial charge in [-0.15, -0.1) is 16.9 Å². The fourth-order valence-corrected chi connectivity index (χ4v) is 3.05. The van der Waals surface area contributed by atoms with E-state index in [9.17, 15) is 0 Å². The van der Waals surface area contributed by atoms with Crippen LogP contribution in [0.4, 0.5) is 0 Å². The Morgan fingerprint density at radius 2 is 1.78 bits per heavy atom. The van der Waals surface area contributed by atoms with Crippen LogP contribution in [0.2, 0.25) is 0 Å². The van der Waals surface area contributed by atoms with Crippen molar-refractivity contribution in [3.8, 4) is 0 Å². The van der Waals surface area contributed by atoms with Gasteiger partial charge < -0.3 is 0 Å². The van der Waals surface area contributed by atoms with E-state index in [1.165, 1.54) is 16.0 Å². The van der Waals surface area contributed by atoms with E-state index in [4.69, 9.17) is 0 Å². The molecule has 0 aliphatic heterocycles. The van der Waals surface area contributed by atoms with E-state index in [0.29, 0.717) is 5.92 Å². The summed E-state index contributed by atoms with van der Waals surface area (Å²) in [4.78, 5) is 1.30. The van der Waals surface area contributed by atoms with Gasteiger partial charge in [-0.3, -0.25) is 0 Å². The average molecular weight is 323 g/mol. The maximum absolute atomic E-state index is 4.32. The molecule has 23 heavy (non-hydrogen) atoms. The summed E-state index contributed by atoms with van der Waals surface area (Å²) in [5, 5.41) is 8.57. The van der Waals surface area contributed by atoms with Crippen molar-refractivity contribution in [2.75, 3.05) is 6.26 Å². The van der Waals surface area contributed by atoms with Crippen LogP contribution in [0.3, 0.4) is 0 Å². The molecular formula is C19H21N3S. The molecule has 1 unspecified atom stereocenters. The normalized spacial score (nSPS) is 12.3. The van der Waals surface area contributed by atoms with Crippen molar-refractivity contribution in [2.24, 2.45) is 0 Å². The van der Waals surface area contributed by atoms with Crippen LogP contribution in [0, 0.1) is 0 Å². The number of rotatable bonds is 6. The van der Waals surface area contributed by atoms with Gasteiger partial charge in [-0.2, -0.15) is 0 Å². The molecule has 0 aliphatic rings. The Kier molecular flexibility index (Phi) is 5.13. The minimum absolute atomic E-state index is 0.438. The van der Waals surface area contributed by atoms with Crippen molar-refractivity contribution < 1.29 is 0 Å². The first-order chi connectivity index (χ1) is 11.2. The van der Waals surface area contributed by atoms with Gasteiger partial charge in [-0.25, -0.2) is 4.68 Å². The Morgan fingerprint density at radius 1 is 1.04 bits per heavy atom. The molecule has 1 aromatic heterocycles. The Morgan fingerprint density at radius 3 is 2.48 bits per heavy atom. The van der Waals surface area contributed by atoms with Crippen LogP contribution < -0.4 is 0 Å². The quantitative estimate of drug-likeness (QED) is 0.630. The Labute approximate surface area is 141 Å². The van der Waals surface area contributed by atoms with Gasteiger partial charge in [0.05, 0.1) is 12.2 Å². The summed E-state index contributed by atoms with van der Waals surface area (Å²) < 4.78 is 1.91. The monoisotopic (exact) mass is 323 g/mol. The van der Waals surface area contributed by atoms with Crippen LogP contribution in [0.25, 0.3) is 0 Å².